The van der Waals surface area contributed by atoms with Gasteiger partial charge in [0, 0.05) is 7.11 Å². The number of hydrogen-bond donors (Lipinski definition) is 0. The van der Waals surface area contributed by atoms with Crippen LogP contribution < -0.4 is 0 Å². The summed E-state index contributed by atoms with van der Waals surface area (Å²) < 4.78 is 40.1. The lowest BCUT2D eigenvalue weighted by molar-refractivity contribution is -0.311. The maximum atomic E-state index is 10.6. The van der Waals surface area contributed by atoms with Gasteiger partial charge in [-0.05, 0) is 34.6 Å². The lowest BCUT2D eigenvalue weighted by Crippen LogP contribution is -2.23. The van der Waals surface area contributed by atoms with Crippen molar-refractivity contribution < 1.29 is 22.6 Å². The van der Waals surface area contributed by atoms with Gasteiger partial charge in [-0.3, -0.25) is 4.74 Å². The molecule has 5 heteroatoms. The average molecular weight is 369 g/mol. The third-order valence-corrected chi connectivity index (χ3v) is 0.821. The number of halogens is 3. The molecule has 0 unspecified atom stereocenters. The van der Waals surface area contributed by atoms with Crippen molar-refractivity contribution in [2.75, 3.05) is 7.11 Å². The topological polar surface area (TPSA) is 18.5 Å². The second-order valence-electron chi connectivity index (χ2n) is 3.93. The predicted molar refractivity (Wildman–Crippen MR) is 108 cm³/mol. The molecular formula is C19H51F3O2. The number of hydrogen-bond acceptors (Lipinski definition) is 2. The molecule has 0 radical (unpaired) electrons. The van der Waals surface area contributed by atoms with Crippen LogP contribution >= 0.6 is 0 Å². The zero-order valence-corrected chi connectivity index (χ0v) is 17.5. The number of rotatable bonds is 1. The normalized spacial score (nSPS) is 8.25. The SMILES string of the molecule is C.C.CC.CC.CC.CC.CC(C)OC(C)(C)C.COC(F)(F)F. The number of ether oxygens (including phenoxy) is 2. The summed E-state index contributed by atoms with van der Waals surface area (Å²) >= 11 is 0. The molecule has 0 saturated carbocycles. The molecule has 0 spiro atoms. The molecule has 0 aromatic rings. The van der Waals surface area contributed by atoms with Gasteiger partial charge in [-0.2, -0.15) is 0 Å². The molecule has 2 nitrogen and oxygen atoms in total. The van der Waals surface area contributed by atoms with Crippen molar-refractivity contribution in [2.24, 2.45) is 0 Å². The van der Waals surface area contributed by atoms with E-state index in [0.29, 0.717) is 13.2 Å². The first kappa shape index (κ1) is 49.5. The first-order valence-electron chi connectivity index (χ1n) is 8.27. The van der Waals surface area contributed by atoms with Gasteiger partial charge in [0.1, 0.15) is 0 Å². The fourth-order valence-corrected chi connectivity index (χ4v) is 0.707. The Morgan fingerprint density at radius 1 is 0.667 bits per heavy atom. The van der Waals surface area contributed by atoms with Crippen LogP contribution in [0.4, 0.5) is 13.2 Å². The summed E-state index contributed by atoms with van der Waals surface area (Å²) in [6.45, 7) is 26.3. The molecule has 0 heterocycles. The van der Waals surface area contributed by atoms with E-state index < -0.39 is 6.36 Å². The molecule has 0 saturated heterocycles. The van der Waals surface area contributed by atoms with E-state index in [1.165, 1.54) is 0 Å². The van der Waals surface area contributed by atoms with Crippen molar-refractivity contribution in [1.82, 2.24) is 0 Å². The second kappa shape index (κ2) is 38.3. The van der Waals surface area contributed by atoms with Gasteiger partial charge in [-0.25, -0.2) is 0 Å². The van der Waals surface area contributed by atoms with Crippen molar-refractivity contribution in [1.29, 1.82) is 0 Å². The summed E-state index contributed by atoms with van der Waals surface area (Å²) in [5.41, 5.74) is 0.0220. The fourth-order valence-electron chi connectivity index (χ4n) is 0.707. The van der Waals surface area contributed by atoms with Gasteiger partial charge < -0.3 is 4.74 Å². The van der Waals surface area contributed by atoms with Crippen LogP contribution in [0.15, 0.2) is 0 Å². The molecule has 0 atom stereocenters. The van der Waals surface area contributed by atoms with E-state index in [4.69, 9.17) is 4.74 Å². The van der Waals surface area contributed by atoms with Crippen LogP contribution in [0.1, 0.15) is 105 Å². The smallest absolute Gasteiger partial charge is 0.373 e. The highest BCUT2D eigenvalue weighted by atomic mass is 19.4. The maximum Gasteiger partial charge on any atom is 0.522 e. The molecular weight excluding hydrogens is 317 g/mol. The van der Waals surface area contributed by atoms with Crippen LogP contribution in [-0.4, -0.2) is 25.2 Å². The molecule has 0 amide bonds. The summed E-state index contributed by atoms with van der Waals surface area (Å²) in [7, 11) is 0.583. The molecule has 0 aliphatic heterocycles. The van der Waals surface area contributed by atoms with E-state index in [0.717, 1.165) is 0 Å². The quantitative estimate of drug-likeness (QED) is 0.460. The van der Waals surface area contributed by atoms with Crippen molar-refractivity contribution >= 4 is 0 Å². The Labute approximate surface area is 153 Å². The first-order valence-corrected chi connectivity index (χ1v) is 8.27. The van der Waals surface area contributed by atoms with Crippen molar-refractivity contribution in [3.8, 4) is 0 Å². The lowest BCUT2D eigenvalue weighted by Gasteiger charge is -2.22. The Bertz CT molecular complexity index is 141. The average Bonchev–Trinajstić information content (AvgIpc) is 2.45. The lowest BCUT2D eigenvalue weighted by atomic mass is 10.2. The van der Waals surface area contributed by atoms with E-state index in [9.17, 15) is 13.2 Å². The Kier molecular flexibility index (Phi) is 79.1. The summed E-state index contributed by atoms with van der Waals surface area (Å²) in [6.07, 6.45) is -4.12. The van der Waals surface area contributed by atoms with E-state index in [2.05, 4.69) is 25.5 Å². The van der Waals surface area contributed by atoms with Gasteiger partial charge in [0.15, 0.2) is 0 Å². The van der Waals surface area contributed by atoms with Crippen LogP contribution in [0.5, 0.6) is 0 Å². The molecule has 0 aliphatic rings. The van der Waals surface area contributed by atoms with Gasteiger partial charge in [-0.1, -0.05) is 70.2 Å². The van der Waals surface area contributed by atoms with Crippen molar-refractivity contribution in [3.05, 3.63) is 0 Å². The monoisotopic (exact) mass is 368 g/mol. The van der Waals surface area contributed by atoms with Crippen LogP contribution in [0.25, 0.3) is 0 Å². The third-order valence-electron chi connectivity index (χ3n) is 0.821. The van der Waals surface area contributed by atoms with Crippen LogP contribution in [0.2, 0.25) is 0 Å². The summed E-state index contributed by atoms with van der Waals surface area (Å²) in [4.78, 5) is 0. The van der Waals surface area contributed by atoms with Gasteiger partial charge in [-0.15, -0.1) is 13.2 Å². The van der Waals surface area contributed by atoms with E-state index in [1.807, 2.05) is 69.2 Å². The zero-order valence-electron chi connectivity index (χ0n) is 17.5. The van der Waals surface area contributed by atoms with E-state index in [-0.39, 0.29) is 20.5 Å². The molecule has 0 aromatic heterocycles. The zero-order chi connectivity index (χ0) is 20.0. The molecule has 0 aromatic carbocycles. The number of alkyl halides is 3. The number of methoxy groups -OCH3 is 1. The van der Waals surface area contributed by atoms with E-state index in [1.54, 1.807) is 0 Å². The molecule has 0 aliphatic carbocycles. The molecule has 0 bridgehead atoms. The standard InChI is InChI=1S/C7H16O.C2H3F3O.4C2H6.2CH4/c1-6(2)8-7(3,4)5;1-6-2(3,4)5;4*1-2;;/h6H,1-5H3;1H3;4*1-2H3;2*1H4. The maximum absolute atomic E-state index is 10.6. The molecule has 0 rings (SSSR count). The first-order chi connectivity index (χ1) is 9.98. The summed E-state index contributed by atoms with van der Waals surface area (Å²) in [5.74, 6) is 0. The Morgan fingerprint density at radius 3 is 0.833 bits per heavy atom. The van der Waals surface area contributed by atoms with Gasteiger partial charge in [0.05, 0.1) is 11.7 Å². The highest BCUT2D eigenvalue weighted by Crippen LogP contribution is 2.13. The van der Waals surface area contributed by atoms with Gasteiger partial charge in [0.25, 0.3) is 0 Å². The molecule has 160 valence electrons. The minimum absolute atomic E-state index is 0. The van der Waals surface area contributed by atoms with Crippen LogP contribution in [-0.2, 0) is 9.47 Å². The van der Waals surface area contributed by atoms with Crippen molar-refractivity contribution in [3.63, 3.8) is 0 Å². The molecule has 0 fully saturated rings. The summed E-state index contributed by atoms with van der Waals surface area (Å²) in [6, 6.07) is 0. The fraction of sp³-hybridized carbons (Fsp3) is 1.00. The Hall–Kier alpha value is -0.290. The van der Waals surface area contributed by atoms with E-state index >= 15 is 0 Å². The largest absolute Gasteiger partial charge is 0.522 e. The Morgan fingerprint density at radius 2 is 0.833 bits per heavy atom. The predicted octanol–water partition coefficient (Wildman–Crippen LogP) is 8.74. The molecule has 0 N–H and O–H groups in total. The van der Waals surface area contributed by atoms with Gasteiger partial charge >= 0.3 is 6.36 Å². The minimum Gasteiger partial charge on any atom is -0.373 e. The molecule has 24 heavy (non-hydrogen) atoms. The minimum atomic E-state index is -4.46. The highest BCUT2D eigenvalue weighted by Gasteiger charge is 2.25. The van der Waals surface area contributed by atoms with Crippen LogP contribution in [0.3, 0.4) is 0 Å². The highest BCUT2D eigenvalue weighted by molar-refractivity contribution is 4.59. The van der Waals surface area contributed by atoms with Crippen molar-refractivity contribution in [2.45, 2.75) is 123 Å². The Balaban J connectivity index is -0.0000000239. The van der Waals surface area contributed by atoms with Crippen LogP contribution in [0, 0.1) is 0 Å². The second-order valence-corrected chi connectivity index (χ2v) is 3.93. The third kappa shape index (κ3) is 157. The summed E-state index contributed by atoms with van der Waals surface area (Å²) in [5, 5.41) is 0. The van der Waals surface area contributed by atoms with Gasteiger partial charge in [0.2, 0.25) is 0 Å².